The zero-order chi connectivity index (χ0) is 16.9. The Hall–Kier alpha value is -2.43. The summed E-state index contributed by atoms with van der Waals surface area (Å²) in [6, 6.07) is 11.5. The number of amides is 2. The quantitative estimate of drug-likeness (QED) is 0.906. The van der Waals surface area contributed by atoms with Crippen molar-refractivity contribution in [1.29, 1.82) is 0 Å². The van der Waals surface area contributed by atoms with Crippen molar-refractivity contribution >= 4 is 6.03 Å². The number of nitrogens with one attached hydrogen (secondary N) is 1. The Morgan fingerprint density at radius 1 is 1.29 bits per heavy atom. The molecule has 5 heteroatoms. The Kier molecular flexibility index (Phi) is 5.08. The molecule has 1 aromatic heterocycles. The number of phenolic OH excluding ortho intramolecular Hbond substituents is 1. The van der Waals surface area contributed by atoms with E-state index in [4.69, 9.17) is 0 Å². The lowest BCUT2D eigenvalue weighted by Crippen LogP contribution is -2.45. The van der Waals surface area contributed by atoms with Crippen molar-refractivity contribution in [1.82, 2.24) is 14.8 Å². The van der Waals surface area contributed by atoms with Crippen molar-refractivity contribution in [2.75, 3.05) is 13.1 Å². The summed E-state index contributed by atoms with van der Waals surface area (Å²) in [6.45, 7) is 1.37. The number of likely N-dealkylation sites (tertiary alicyclic amines) is 1. The van der Waals surface area contributed by atoms with Gasteiger partial charge in [0.05, 0.1) is 6.04 Å². The summed E-state index contributed by atoms with van der Waals surface area (Å²) < 4.78 is 2.10. The molecule has 3 rings (SSSR count). The van der Waals surface area contributed by atoms with Gasteiger partial charge >= 0.3 is 6.03 Å². The van der Waals surface area contributed by atoms with E-state index in [0.717, 1.165) is 31.4 Å². The van der Waals surface area contributed by atoms with Gasteiger partial charge in [0.2, 0.25) is 0 Å². The second-order valence-corrected chi connectivity index (χ2v) is 6.40. The summed E-state index contributed by atoms with van der Waals surface area (Å²) in [5, 5.41) is 12.5. The summed E-state index contributed by atoms with van der Waals surface area (Å²) in [5.74, 6) is 0.263. The number of phenols is 1. The van der Waals surface area contributed by atoms with Crippen molar-refractivity contribution in [3.8, 4) is 5.75 Å². The van der Waals surface area contributed by atoms with Gasteiger partial charge in [-0.1, -0.05) is 12.1 Å². The number of aromatic nitrogens is 1. The average Bonchev–Trinajstić information content (AvgIpc) is 3.01. The molecule has 2 N–H and O–H groups in total. The maximum Gasteiger partial charge on any atom is 0.317 e. The molecule has 1 atom stereocenters. The topological polar surface area (TPSA) is 57.5 Å². The molecule has 0 saturated carbocycles. The highest BCUT2D eigenvalue weighted by molar-refractivity contribution is 5.74. The van der Waals surface area contributed by atoms with E-state index in [-0.39, 0.29) is 17.8 Å². The van der Waals surface area contributed by atoms with E-state index >= 15 is 0 Å². The van der Waals surface area contributed by atoms with Crippen molar-refractivity contribution in [3.63, 3.8) is 0 Å². The van der Waals surface area contributed by atoms with Crippen LogP contribution in [-0.2, 0) is 13.5 Å². The van der Waals surface area contributed by atoms with Gasteiger partial charge in [0.15, 0.2) is 0 Å². The van der Waals surface area contributed by atoms with Crippen LogP contribution in [0.2, 0.25) is 0 Å². The van der Waals surface area contributed by atoms with Crippen LogP contribution in [0, 0.1) is 0 Å². The van der Waals surface area contributed by atoms with Crippen LogP contribution in [0.15, 0.2) is 42.6 Å². The minimum absolute atomic E-state index is 0.000975. The molecule has 0 radical (unpaired) electrons. The van der Waals surface area contributed by atoms with Gasteiger partial charge in [-0.2, -0.15) is 0 Å². The van der Waals surface area contributed by atoms with Crippen LogP contribution in [0.4, 0.5) is 4.79 Å². The number of urea groups is 1. The molecule has 1 aliphatic rings. The first-order valence-electron chi connectivity index (χ1n) is 8.59. The van der Waals surface area contributed by atoms with Gasteiger partial charge in [0, 0.05) is 32.0 Å². The van der Waals surface area contributed by atoms with Crippen molar-refractivity contribution < 1.29 is 9.90 Å². The molecule has 24 heavy (non-hydrogen) atoms. The molecule has 0 aliphatic carbocycles. The molecule has 2 amide bonds. The first kappa shape index (κ1) is 16.4. The molecule has 1 aliphatic heterocycles. The molecular formula is C19H25N3O2. The van der Waals surface area contributed by atoms with Crippen LogP contribution >= 0.6 is 0 Å². The van der Waals surface area contributed by atoms with Gasteiger partial charge in [-0.15, -0.1) is 0 Å². The van der Waals surface area contributed by atoms with Crippen molar-refractivity contribution in [3.05, 3.63) is 53.9 Å². The summed E-state index contributed by atoms with van der Waals surface area (Å²) in [5.41, 5.74) is 2.21. The molecule has 5 nitrogen and oxygen atoms in total. The fourth-order valence-corrected chi connectivity index (χ4v) is 3.43. The zero-order valence-corrected chi connectivity index (χ0v) is 14.1. The third-order valence-electron chi connectivity index (χ3n) is 4.69. The number of aryl methyl sites for hydroxylation is 1. The number of piperidine rings is 1. The van der Waals surface area contributed by atoms with Crippen LogP contribution in [0.1, 0.15) is 36.6 Å². The molecule has 1 saturated heterocycles. The summed E-state index contributed by atoms with van der Waals surface area (Å²) >= 11 is 0. The standard InChI is InChI=1S/C19H25N3O2/c1-21-12-5-9-17(21)18-8-2-3-13-22(18)19(24)20-11-10-15-6-4-7-16(23)14-15/h4-7,9,12,14,18,23H,2-3,8,10-11,13H2,1H3,(H,20,24). The molecule has 1 aromatic carbocycles. The third-order valence-corrected chi connectivity index (χ3v) is 4.69. The number of carbonyl (C=O) groups excluding carboxylic acids is 1. The maximum atomic E-state index is 12.6. The zero-order valence-electron chi connectivity index (χ0n) is 14.1. The van der Waals surface area contributed by atoms with Gasteiger partial charge in [-0.25, -0.2) is 4.79 Å². The summed E-state index contributed by atoms with van der Waals surface area (Å²) in [6.07, 6.45) is 5.96. The molecule has 0 bridgehead atoms. The molecule has 128 valence electrons. The van der Waals surface area contributed by atoms with Crippen LogP contribution < -0.4 is 5.32 Å². The second-order valence-electron chi connectivity index (χ2n) is 6.40. The van der Waals surface area contributed by atoms with Gasteiger partial charge in [0.25, 0.3) is 0 Å². The molecule has 0 spiro atoms. The monoisotopic (exact) mass is 327 g/mol. The van der Waals surface area contributed by atoms with E-state index in [0.29, 0.717) is 13.0 Å². The fraction of sp³-hybridized carbons (Fsp3) is 0.421. The number of rotatable bonds is 4. The number of benzene rings is 1. The number of nitrogens with zero attached hydrogens (tertiary/aromatic N) is 2. The van der Waals surface area contributed by atoms with Crippen LogP contribution in [0.3, 0.4) is 0 Å². The Balaban J connectivity index is 1.59. The van der Waals surface area contributed by atoms with E-state index in [1.165, 1.54) is 5.69 Å². The van der Waals surface area contributed by atoms with Crippen LogP contribution in [-0.4, -0.2) is 33.7 Å². The molecule has 1 unspecified atom stereocenters. The smallest absolute Gasteiger partial charge is 0.317 e. The number of hydrogen-bond donors (Lipinski definition) is 2. The molecule has 2 heterocycles. The normalized spacial score (nSPS) is 17.7. The lowest BCUT2D eigenvalue weighted by atomic mass is 9.99. The Morgan fingerprint density at radius 2 is 2.17 bits per heavy atom. The highest BCUT2D eigenvalue weighted by atomic mass is 16.3. The lowest BCUT2D eigenvalue weighted by molar-refractivity contribution is 0.148. The summed E-state index contributed by atoms with van der Waals surface area (Å²) in [4.78, 5) is 14.6. The summed E-state index contributed by atoms with van der Waals surface area (Å²) in [7, 11) is 2.03. The largest absolute Gasteiger partial charge is 0.508 e. The third kappa shape index (κ3) is 3.72. The SMILES string of the molecule is Cn1cccc1C1CCCCN1C(=O)NCCc1cccc(O)c1. The Labute approximate surface area is 142 Å². The highest BCUT2D eigenvalue weighted by Gasteiger charge is 2.29. The predicted octanol–water partition coefficient (Wildman–Crippen LogP) is 3.21. The van der Waals surface area contributed by atoms with Crippen LogP contribution in [0.5, 0.6) is 5.75 Å². The van der Waals surface area contributed by atoms with E-state index in [1.54, 1.807) is 12.1 Å². The molecule has 1 fully saturated rings. The minimum atomic E-state index is 0.000975. The highest BCUT2D eigenvalue weighted by Crippen LogP contribution is 2.30. The Bertz CT molecular complexity index is 695. The second kappa shape index (κ2) is 7.43. The van der Waals surface area contributed by atoms with E-state index < -0.39 is 0 Å². The van der Waals surface area contributed by atoms with Gasteiger partial charge < -0.3 is 19.9 Å². The Morgan fingerprint density at radius 3 is 2.92 bits per heavy atom. The first-order chi connectivity index (χ1) is 11.6. The van der Waals surface area contributed by atoms with E-state index in [9.17, 15) is 9.90 Å². The average molecular weight is 327 g/mol. The van der Waals surface area contributed by atoms with Crippen molar-refractivity contribution in [2.24, 2.45) is 7.05 Å². The first-order valence-corrected chi connectivity index (χ1v) is 8.59. The lowest BCUT2D eigenvalue weighted by Gasteiger charge is -2.36. The van der Waals surface area contributed by atoms with Gasteiger partial charge in [-0.3, -0.25) is 0 Å². The van der Waals surface area contributed by atoms with E-state index in [2.05, 4.69) is 16.0 Å². The number of carbonyl (C=O) groups is 1. The molecular weight excluding hydrogens is 302 g/mol. The van der Waals surface area contributed by atoms with Gasteiger partial charge in [-0.05, 0) is 55.5 Å². The minimum Gasteiger partial charge on any atom is -0.508 e. The van der Waals surface area contributed by atoms with Gasteiger partial charge in [0.1, 0.15) is 5.75 Å². The molecule has 2 aromatic rings. The number of hydrogen-bond acceptors (Lipinski definition) is 2. The fourth-order valence-electron chi connectivity index (χ4n) is 3.43. The van der Waals surface area contributed by atoms with Crippen LogP contribution in [0.25, 0.3) is 0 Å². The van der Waals surface area contributed by atoms with Crippen molar-refractivity contribution in [2.45, 2.75) is 31.7 Å². The maximum absolute atomic E-state index is 12.6. The predicted molar refractivity (Wildman–Crippen MR) is 93.9 cm³/mol. The van der Waals surface area contributed by atoms with E-state index in [1.807, 2.05) is 36.3 Å². The number of aromatic hydroxyl groups is 1.